The summed E-state index contributed by atoms with van der Waals surface area (Å²) in [4.78, 5) is 30.3. The number of nitrogens with zero attached hydrogens (tertiary/aromatic N) is 2. The van der Waals surface area contributed by atoms with Crippen LogP contribution in [0.2, 0.25) is 0 Å². The van der Waals surface area contributed by atoms with Gasteiger partial charge in [-0.1, -0.05) is 42.5 Å². The molecule has 3 aromatic rings. The van der Waals surface area contributed by atoms with Crippen LogP contribution in [0.4, 0.5) is 10.5 Å². The van der Waals surface area contributed by atoms with Gasteiger partial charge in [-0.15, -0.1) is 0 Å². The Hall–Kier alpha value is -3.41. The van der Waals surface area contributed by atoms with Gasteiger partial charge in [0.2, 0.25) is 5.91 Å². The first-order chi connectivity index (χ1) is 13.5. The van der Waals surface area contributed by atoms with E-state index in [0.717, 1.165) is 22.0 Å². The van der Waals surface area contributed by atoms with Crippen LogP contribution in [0.5, 0.6) is 0 Å². The Bertz CT molecular complexity index is 1040. The fourth-order valence-corrected chi connectivity index (χ4v) is 3.87. The number of aryl methyl sites for hydroxylation is 1. The van der Waals surface area contributed by atoms with Gasteiger partial charge in [0.15, 0.2) is 0 Å². The third-order valence-electron chi connectivity index (χ3n) is 5.31. The van der Waals surface area contributed by atoms with E-state index in [9.17, 15) is 14.7 Å². The van der Waals surface area contributed by atoms with Crippen molar-refractivity contribution in [3.63, 3.8) is 0 Å². The highest BCUT2D eigenvalue weighted by molar-refractivity contribution is 6.03. The van der Waals surface area contributed by atoms with Crippen molar-refractivity contribution in [2.45, 2.75) is 12.8 Å². The van der Waals surface area contributed by atoms with Gasteiger partial charge in [0.25, 0.3) is 0 Å². The van der Waals surface area contributed by atoms with E-state index in [2.05, 4.69) is 10.3 Å². The van der Waals surface area contributed by atoms with E-state index >= 15 is 0 Å². The molecular formula is C22H21N3O3. The van der Waals surface area contributed by atoms with Crippen LogP contribution >= 0.6 is 0 Å². The second kappa shape index (κ2) is 7.31. The van der Waals surface area contributed by atoms with Crippen molar-refractivity contribution in [1.82, 2.24) is 9.88 Å². The minimum absolute atomic E-state index is 0.167. The molecule has 4 rings (SSSR count). The molecule has 1 aromatic heterocycles. The van der Waals surface area contributed by atoms with Gasteiger partial charge < -0.3 is 15.3 Å². The lowest BCUT2D eigenvalue weighted by atomic mass is 9.88. The number of aromatic nitrogens is 1. The van der Waals surface area contributed by atoms with E-state index in [4.69, 9.17) is 0 Å². The molecule has 2 N–H and O–H groups in total. The Morgan fingerprint density at radius 1 is 1.11 bits per heavy atom. The summed E-state index contributed by atoms with van der Waals surface area (Å²) in [6.07, 6.45) is 0.789. The van der Waals surface area contributed by atoms with Crippen molar-refractivity contribution in [2.75, 3.05) is 18.4 Å². The molecule has 0 saturated carbocycles. The fourth-order valence-electron chi connectivity index (χ4n) is 3.87. The molecule has 2 amide bonds. The van der Waals surface area contributed by atoms with Crippen molar-refractivity contribution in [3.8, 4) is 0 Å². The third-order valence-corrected chi connectivity index (χ3v) is 5.31. The van der Waals surface area contributed by atoms with Crippen LogP contribution in [0, 0.1) is 12.8 Å². The van der Waals surface area contributed by atoms with Crippen molar-refractivity contribution in [1.29, 1.82) is 0 Å². The predicted octanol–water partition coefficient (Wildman–Crippen LogP) is 3.88. The molecule has 0 spiro atoms. The largest absolute Gasteiger partial charge is 0.465 e. The van der Waals surface area contributed by atoms with E-state index in [0.29, 0.717) is 12.2 Å². The zero-order valence-corrected chi connectivity index (χ0v) is 15.5. The van der Waals surface area contributed by atoms with Crippen molar-refractivity contribution in [2.24, 2.45) is 5.92 Å². The smallest absolute Gasteiger partial charge is 0.407 e. The van der Waals surface area contributed by atoms with Crippen LogP contribution in [0.25, 0.3) is 10.8 Å². The van der Waals surface area contributed by atoms with Gasteiger partial charge in [-0.25, -0.2) is 4.79 Å². The first-order valence-corrected chi connectivity index (χ1v) is 9.22. The van der Waals surface area contributed by atoms with Crippen LogP contribution < -0.4 is 5.32 Å². The predicted molar refractivity (Wildman–Crippen MR) is 107 cm³/mol. The fraction of sp³-hybridized carbons (Fsp3) is 0.227. The Kier molecular flexibility index (Phi) is 4.69. The van der Waals surface area contributed by atoms with Gasteiger partial charge in [0.1, 0.15) is 0 Å². The molecule has 6 heteroatoms. The summed E-state index contributed by atoms with van der Waals surface area (Å²) in [6, 6.07) is 17.3. The number of carbonyl (C=O) groups excluding carboxylic acids is 1. The number of nitrogens with one attached hydrogen (secondary N) is 1. The number of hydrogen-bond donors (Lipinski definition) is 2. The van der Waals surface area contributed by atoms with Gasteiger partial charge in [0.05, 0.1) is 5.92 Å². The quantitative estimate of drug-likeness (QED) is 0.728. The molecule has 2 heterocycles. The maximum atomic E-state index is 13.1. The standard InChI is InChI=1S/C22H21N3O3/c1-14-10-17-16(11-23-14)8-5-9-20(17)24-21(26)19-13-25(22(27)28)12-18(19)15-6-3-2-4-7-15/h2-11,18-19H,12-13H2,1H3,(H,24,26)(H,27,28)/t18-,19+/m1/s1. The average Bonchev–Trinajstić information content (AvgIpc) is 3.15. The van der Waals surface area contributed by atoms with Gasteiger partial charge in [0, 0.05) is 47.4 Å². The highest BCUT2D eigenvalue weighted by atomic mass is 16.4. The lowest BCUT2D eigenvalue weighted by Crippen LogP contribution is -2.30. The van der Waals surface area contributed by atoms with Crippen molar-refractivity contribution < 1.29 is 14.7 Å². The highest BCUT2D eigenvalue weighted by Crippen LogP contribution is 2.34. The first kappa shape index (κ1) is 18.0. The number of pyridine rings is 1. The Balaban J connectivity index is 1.64. The summed E-state index contributed by atoms with van der Waals surface area (Å²) in [7, 11) is 0. The zero-order valence-electron chi connectivity index (χ0n) is 15.5. The molecule has 1 aliphatic rings. The third kappa shape index (κ3) is 3.41. The number of likely N-dealkylation sites (tertiary alicyclic amines) is 1. The number of fused-ring (bicyclic) bond motifs is 1. The minimum Gasteiger partial charge on any atom is -0.465 e. The van der Waals surface area contributed by atoms with Crippen LogP contribution in [-0.2, 0) is 4.79 Å². The van der Waals surface area contributed by atoms with E-state index < -0.39 is 12.0 Å². The molecule has 0 bridgehead atoms. The van der Waals surface area contributed by atoms with Crippen LogP contribution in [0.3, 0.4) is 0 Å². The number of carbonyl (C=O) groups is 2. The van der Waals surface area contributed by atoms with Crippen LogP contribution in [0.1, 0.15) is 17.2 Å². The molecule has 1 fully saturated rings. The van der Waals surface area contributed by atoms with Gasteiger partial charge >= 0.3 is 6.09 Å². The molecule has 2 atom stereocenters. The lowest BCUT2D eigenvalue weighted by Gasteiger charge is -2.19. The number of amides is 2. The van der Waals surface area contributed by atoms with Gasteiger partial charge in [-0.3, -0.25) is 9.78 Å². The monoisotopic (exact) mass is 375 g/mol. The SMILES string of the molecule is Cc1cc2c(NC(=O)[C@H]3CN(C(=O)O)C[C@@H]3c3ccccc3)cccc2cn1. The molecule has 28 heavy (non-hydrogen) atoms. The number of anilines is 1. The summed E-state index contributed by atoms with van der Waals surface area (Å²) >= 11 is 0. The van der Waals surface area contributed by atoms with Gasteiger partial charge in [-0.05, 0) is 24.6 Å². The summed E-state index contributed by atoms with van der Waals surface area (Å²) in [5.74, 6) is -0.785. The maximum absolute atomic E-state index is 13.1. The average molecular weight is 375 g/mol. The topological polar surface area (TPSA) is 82.5 Å². The second-order valence-corrected chi connectivity index (χ2v) is 7.15. The Labute approximate surface area is 162 Å². The van der Waals surface area contributed by atoms with Crippen molar-refractivity contribution >= 4 is 28.5 Å². The zero-order chi connectivity index (χ0) is 19.7. The van der Waals surface area contributed by atoms with Crippen LogP contribution in [0.15, 0.2) is 60.8 Å². The first-order valence-electron chi connectivity index (χ1n) is 9.22. The molecule has 0 aliphatic carbocycles. The maximum Gasteiger partial charge on any atom is 0.407 e. The summed E-state index contributed by atoms with van der Waals surface area (Å²) in [6.45, 7) is 2.41. The molecule has 1 saturated heterocycles. The molecule has 2 aromatic carbocycles. The summed E-state index contributed by atoms with van der Waals surface area (Å²) < 4.78 is 0. The molecule has 0 radical (unpaired) electrons. The minimum atomic E-state index is -0.997. The van der Waals surface area contributed by atoms with E-state index in [-0.39, 0.29) is 18.4 Å². The lowest BCUT2D eigenvalue weighted by molar-refractivity contribution is -0.119. The Morgan fingerprint density at radius 2 is 1.89 bits per heavy atom. The van der Waals surface area contributed by atoms with Crippen molar-refractivity contribution in [3.05, 3.63) is 72.1 Å². The van der Waals surface area contributed by atoms with E-state index in [1.165, 1.54) is 4.90 Å². The molecule has 0 unspecified atom stereocenters. The van der Waals surface area contributed by atoms with Crippen LogP contribution in [-0.4, -0.2) is 40.1 Å². The second-order valence-electron chi connectivity index (χ2n) is 7.15. The number of carboxylic acid groups (broad SMARTS) is 1. The Morgan fingerprint density at radius 3 is 2.64 bits per heavy atom. The molecule has 6 nitrogen and oxygen atoms in total. The summed E-state index contributed by atoms with van der Waals surface area (Å²) in [5, 5.41) is 14.3. The highest BCUT2D eigenvalue weighted by Gasteiger charge is 2.40. The summed E-state index contributed by atoms with van der Waals surface area (Å²) in [5.41, 5.74) is 2.56. The molecular weight excluding hydrogens is 354 g/mol. The molecule has 1 aliphatic heterocycles. The molecule has 142 valence electrons. The normalized spacial score (nSPS) is 19.0. The van der Waals surface area contributed by atoms with E-state index in [1.807, 2.05) is 61.5 Å². The number of benzene rings is 2. The van der Waals surface area contributed by atoms with Gasteiger partial charge in [-0.2, -0.15) is 0 Å². The van der Waals surface area contributed by atoms with E-state index in [1.54, 1.807) is 6.20 Å². The number of hydrogen-bond acceptors (Lipinski definition) is 3. The number of rotatable bonds is 3.